The van der Waals surface area contributed by atoms with E-state index in [9.17, 15) is 0 Å². The van der Waals surface area contributed by atoms with Crippen molar-refractivity contribution < 1.29 is 4.74 Å². The van der Waals surface area contributed by atoms with Crippen molar-refractivity contribution >= 4 is 0 Å². The van der Waals surface area contributed by atoms with Gasteiger partial charge in [0.25, 0.3) is 0 Å². The molecule has 20 heavy (non-hydrogen) atoms. The third kappa shape index (κ3) is 6.58. The predicted molar refractivity (Wildman–Crippen MR) is 88.1 cm³/mol. The largest absolute Gasteiger partial charge is 0.378 e. The van der Waals surface area contributed by atoms with Crippen molar-refractivity contribution in [3.63, 3.8) is 0 Å². The van der Waals surface area contributed by atoms with Gasteiger partial charge in [0.1, 0.15) is 0 Å². The van der Waals surface area contributed by atoms with Gasteiger partial charge < -0.3 is 10.1 Å². The van der Waals surface area contributed by atoms with Crippen molar-refractivity contribution in [1.29, 1.82) is 0 Å². The van der Waals surface area contributed by atoms with Gasteiger partial charge in [0.05, 0.1) is 6.10 Å². The Morgan fingerprint density at radius 2 is 1.90 bits per heavy atom. The molecule has 0 radical (unpaired) electrons. The molecular weight excluding hydrogens is 246 g/mol. The summed E-state index contributed by atoms with van der Waals surface area (Å²) in [6.07, 6.45) is 11.4. The zero-order valence-corrected chi connectivity index (χ0v) is 14.3. The van der Waals surface area contributed by atoms with Crippen LogP contribution in [0.15, 0.2) is 0 Å². The second-order valence-corrected chi connectivity index (χ2v) is 6.56. The van der Waals surface area contributed by atoms with E-state index in [2.05, 4.69) is 33.0 Å². The number of ether oxygens (including phenoxy) is 1. The molecule has 0 aliphatic heterocycles. The number of unbranched alkanes of at least 4 members (excludes halogenated alkanes) is 1. The Morgan fingerprint density at radius 1 is 1.15 bits per heavy atom. The molecule has 1 rings (SSSR count). The Bertz CT molecular complexity index is 225. The normalized spacial score (nSPS) is 25.2. The molecule has 0 saturated heterocycles. The van der Waals surface area contributed by atoms with E-state index in [0.717, 1.165) is 31.0 Å². The summed E-state index contributed by atoms with van der Waals surface area (Å²) in [4.78, 5) is 0. The van der Waals surface area contributed by atoms with E-state index in [1.807, 2.05) is 0 Å². The van der Waals surface area contributed by atoms with Crippen LogP contribution in [0.2, 0.25) is 0 Å². The molecule has 0 heterocycles. The van der Waals surface area contributed by atoms with Crippen LogP contribution in [0, 0.1) is 11.8 Å². The Morgan fingerprint density at radius 3 is 2.45 bits per heavy atom. The van der Waals surface area contributed by atoms with Crippen molar-refractivity contribution in [2.24, 2.45) is 11.8 Å². The van der Waals surface area contributed by atoms with E-state index in [1.165, 1.54) is 51.4 Å². The second-order valence-electron chi connectivity index (χ2n) is 6.56. The number of hydrogen-bond acceptors (Lipinski definition) is 2. The molecule has 2 heteroatoms. The van der Waals surface area contributed by atoms with Gasteiger partial charge in [-0.1, -0.05) is 46.5 Å². The highest BCUT2D eigenvalue weighted by Gasteiger charge is 2.31. The van der Waals surface area contributed by atoms with Crippen LogP contribution in [0.4, 0.5) is 0 Å². The van der Waals surface area contributed by atoms with Crippen LogP contribution in [-0.4, -0.2) is 25.3 Å². The van der Waals surface area contributed by atoms with Gasteiger partial charge in [-0.25, -0.2) is 0 Å². The first-order valence-corrected chi connectivity index (χ1v) is 9.08. The lowest BCUT2D eigenvalue weighted by molar-refractivity contribution is -0.0296. The van der Waals surface area contributed by atoms with Crippen molar-refractivity contribution in [2.75, 3.05) is 13.2 Å². The van der Waals surface area contributed by atoms with Gasteiger partial charge in [-0.2, -0.15) is 0 Å². The molecule has 1 aliphatic rings. The first-order chi connectivity index (χ1) is 9.73. The third-order valence-electron chi connectivity index (χ3n) is 4.87. The van der Waals surface area contributed by atoms with Crippen LogP contribution in [0.3, 0.4) is 0 Å². The average Bonchev–Trinajstić information content (AvgIpc) is 2.41. The zero-order chi connectivity index (χ0) is 14.8. The number of hydrogen-bond donors (Lipinski definition) is 1. The highest BCUT2D eigenvalue weighted by atomic mass is 16.5. The highest BCUT2D eigenvalue weighted by molar-refractivity contribution is 4.85. The summed E-state index contributed by atoms with van der Waals surface area (Å²) in [5.74, 6) is 1.82. The smallest absolute Gasteiger partial charge is 0.0580 e. The summed E-state index contributed by atoms with van der Waals surface area (Å²) in [6, 6.07) is 0.731. The molecule has 2 unspecified atom stereocenters. The van der Waals surface area contributed by atoms with Crippen LogP contribution in [0.1, 0.15) is 79.1 Å². The minimum atomic E-state index is 0.564. The van der Waals surface area contributed by atoms with Gasteiger partial charge in [-0.15, -0.1) is 0 Å². The molecular formula is C18H37NO. The molecule has 2 nitrogen and oxygen atoms in total. The fourth-order valence-electron chi connectivity index (χ4n) is 3.58. The zero-order valence-electron chi connectivity index (χ0n) is 14.3. The van der Waals surface area contributed by atoms with Crippen LogP contribution in [-0.2, 0) is 4.74 Å². The quantitative estimate of drug-likeness (QED) is 0.557. The summed E-state index contributed by atoms with van der Waals surface area (Å²) in [5.41, 5.74) is 0. The minimum Gasteiger partial charge on any atom is -0.378 e. The standard InChI is InChI=1S/C18H37NO/c1-5-9-10-15(6-2)11-17(19-7-3)12-16-13-18(14-16)20-8-4/h15-19H,5-14H2,1-4H3. The van der Waals surface area contributed by atoms with E-state index >= 15 is 0 Å². The maximum atomic E-state index is 5.68. The second kappa shape index (κ2) is 10.6. The fraction of sp³-hybridized carbons (Fsp3) is 1.00. The molecule has 2 atom stereocenters. The van der Waals surface area contributed by atoms with Crippen molar-refractivity contribution in [2.45, 2.75) is 91.2 Å². The first kappa shape index (κ1) is 18.0. The lowest BCUT2D eigenvalue weighted by Crippen LogP contribution is -2.39. The topological polar surface area (TPSA) is 21.3 Å². The van der Waals surface area contributed by atoms with Gasteiger partial charge in [0, 0.05) is 12.6 Å². The lowest BCUT2D eigenvalue weighted by atomic mass is 9.76. The summed E-state index contributed by atoms with van der Waals surface area (Å²) in [6.45, 7) is 11.0. The van der Waals surface area contributed by atoms with Crippen LogP contribution in [0.5, 0.6) is 0 Å². The van der Waals surface area contributed by atoms with Gasteiger partial charge in [0.2, 0.25) is 0 Å². The fourth-order valence-corrected chi connectivity index (χ4v) is 3.58. The summed E-state index contributed by atoms with van der Waals surface area (Å²) in [5, 5.41) is 3.73. The van der Waals surface area contributed by atoms with Crippen molar-refractivity contribution in [1.82, 2.24) is 5.32 Å². The van der Waals surface area contributed by atoms with E-state index in [4.69, 9.17) is 4.74 Å². The molecule has 1 N–H and O–H groups in total. The van der Waals surface area contributed by atoms with E-state index in [-0.39, 0.29) is 0 Å². The molecule has 0 aromatic carbocycles. The maximum Gasteiger partial charge on any atom is 0.0580 e. The highest BCUT2D eigenvalue weighted by Crippen LogP contribution is 2.35. The molecule has 1 saturated carbocycles. The van der Waals surface area contributed by atoms with Crippen LogP contribution in [0.25, 0.3) is 0 Å². The van der Waals surface area contributed by atoms with Gasteiger partial charge in [-0.3, -0.25) is 0 Å². The SMILES string of the molecule is CCCCC(CC)CC(CC1CC(OCC)C1)NCC. The monoisotopic (exact) mass is 283 g/mol. The minimum absolute atomic E-state index is 0.564. The van der Waals surface area contributed by atoms with Gasteiger partial charge >= 0.3 is 0 Å². The van der Waals surface area contributed by atoms with Gasteiger partial charge in [-0.05, 0) is 51.0 Å². The van der Waals surface area contributed by atoms with Crippen LogP contribution < -0.4 is 5.32 Å². The van der Waals surface area contributed by atoms with Gasteiger partial charge in [0.15, 0.2) is 0 Å². The van der Waals surface area contributed by atoms with Crippen molar-refractivity contribution in [3.8, 4) is 0 Å². The third-order valence-corrected chi connectivity index (χ3v) is 4.87. The molecule has 0 spiro atoms. The lowest BCUT2D eigenvalue weighted by Gasteiger charge is -2.38. The molecule has 120 valence electrons. The van der Waals surface area contributed by atoms with Crippen molar-refractivity contribution in [3.05, 3.63) is 0 Å². The average molecular weight is 284 g/mol. The predicted octanol–water partition coefficient (Wildman–Crippen LogP) is 4.78. The molecule has 1 aliphatic carbocycles. The summed E-state index contributed by atoms with van der Waals surface area (Å²) in [7, 11) is 0. The molecule has 0 aromatic heterocycles. The molecule has 0 amide bonds. The van der Waals surface area contributed by atoms with E-state index < -0.39 is 0 Å². The van der Waals surface area contributed by atoms with E-state index in [1.54, 1.807) is 0 Å². The maximum absolute atomic E-state index is 5.68. The molecule has 1 fully saturated rings. The Hall–Kier alpha value is -0.0800. The van der Waals surface area contributed by atoms with Crippen LogP contribution >= 0.6 is 0 Å². The Balaban J connectivity index is 2.28. The molecule has 0 aromatic rings. The number of nitrogens with one attached hydrogen (secondary N) is 1. The Kier molecular flexibility index (Phi) is 9.54. The molecule has 0 bridgehead atoms. The van der Waals surface area contributed by atoms with E-state index in [0.29, 0.717) is 6.10 Å². The number of rotatable bonds is 12. The Labute approximate surface area is 127 Å². The first-order valence-electron chi connectivity index (χ1n) is 9.08. The summed E-state index contributed by atoms with van der Waals surface area (Å²) >= 11 is 0. The summed E-state index contributed by atoms with van der Waals surface area (Å²) < 4.78 is 5.68.